The van der Waals surface area contributed by atoms with E-state index in [2.05, 4.69) is 51.0 Å². The Kier molecular flexibility index (Phi) is 10.9. The molecule has 0 aliphatic carbocycles. The van der Waals surface area contributed by atoms with Crippen molar-refractivity contribution >= 4 is 30.5 Å². The molecule has 0 saturated carbocycles. The van der Waals surface area contributed by atoms with Crippen LogP contribution in [0.1, 0.15) is 12.0 Å². The zero-order valence-electron chi connectivity index (χ0n) is 20.1. The Morgan fingerprint density at radius 3 is 1.97 bits per heavy atom. The number of rotatable bonds is 9. The lowest BCUT2D eigenvalue weighted by molar-refractivity contribution is 0.254. The number of aromatic nitrogens is 1. The van der Waals surface area contributed by atoms with E-state index in [4.69, 9.17) is 14.2 Å². The lowest BCUT2D eigenvalue weighted by Crippen LogP contribution is -2.46. The summed E-state index contributed by atoms with van der Waals surface area (Å²) in [4.78, 5) is 4.98. The molecule has 1 aliphatic rings. The maximum atomic E-state index is 5.56. The van der Waals surface area contributed by atoms with Gasteiger partial charge in [-0.15, -0.1) is 24.8 Å². The van der Waals surface area contributed by atoms with Gasteiger partial charge >= 0.3 is 0 Å². The lowest BCUT2D eigenvalue weighted by atomic mass is 10.1. The predicted molar refractivity (Wildman–Crippen MR) is 143 cm³/mol. The summed E-state index contributed by atoms with van der Waals surface area (Å²) in [5, 5.41) is 0. The molecule has 8 heteroatoms. The van der Waals surface area contributed by atoms with E-state index < -0.39 is 0 Å². The van der Waals surface area contributed by atoms with Crippen molar-refractivity contribution in [3.05, 3.63) is 66.5 Å². The van der Waals surface area contributed by atoms with Crippen LogP contribution in [0.5, 0.6) is 17.2 Å². The highest BCUT2D eigenvalue weighted by Gasteiger charge is 2.19. The molecule has 0 atom stereocenters. The average Bonchev–Trinajstić information content (AvgIpc) is 3.39. The number of para-hydroxylation sites is 2. The van der Waals surface area contributed by atoms with Crippen LogP contribution < -0.4 is 19.1 Å². The fourth-order valence-electron chi connectivity index (χ4n) is 4.44. The molecule has 0 unspecified atom stereocenters. The molecule has 0 N–H and O–H groups in total. The summed E-state index contributed by atoms with van der Waals surface area (Å²) >= 11 is 0. The summed E-state index contributed by atoms with van der Waals surface area (Å²) < 4.78 is 18.8. The molecule has 3 aromatic rings. The molecule has 1 aromatic heterocycles. The lowest BCUT2D eigenvalue weighted by Gasteiger charge is -2.36. The molecule has 0 spiro atoms. The van der Waals surface area contributed by atoms with Gasteiger partial charge in [0.05, 0.1) is 32.7 Å². The van der Waals surface area contributed by atoms with Crippen LogP contribution in [0.2, 0.25) is 0 Å². The Morgan fingerprint density at radius 1 is 0.706 bits per heavy atom. The number of aryl methyl sites for hydroxylation is 1. The van der Waals surface area contributed by atoms with Gasteiger partial charge in [0, 0.05) is 44.6 Å². The first-order chi connectivity index (χ1) is 15.7. The van der Waals surface area contributed by atoms with Crippen LogP contribution in [0.15, 0.2) is 60.9 Å². The van der Waals surface area contributed by atoms with Gasteiger partial charge < -0.3 is 23.7 Å². The van der Waals surface area contributed by atoms with Crippen LogP contribution >= 0.6 is 24.8 Å². The van der Waals surface area contributed by atoms with Crippen LogP contribution in [-0.2, 0) is 6.42 Å². The molecule has 0 bridgehead atoms. The summed E-state index contributed by atoms with van der Waals surface area (Å²) in [6.45, 7) is 5.25. The molecule has 0 amide bonds. The summed E-state index contributed by atoms with van der Waals surface area (Å²) in [5.41, 5.74) is 3.61. The fraction of sp³-hybridized carbons (Fsp3) is 0.385. The van der Waals surface area contributed by atoms with Gasteiger partial charge in [-0.05, 0) is 55.3 Å². The minimum Gasteiger partial charge on any atom is -0.495 e. The third kappa shape index (κ3) is 6.32. The van der Waals surface area contributed by atoms with E-state index in [1.54, 1.807) is 21.3 Å². The molecule has 4 rings (SSSR count). The van der Waals surface area contributed by atoms with Gasteiger partial charge in [0.2, 0.25) is 0 Å². The second-order valence-corrected chi connectivity index (χ2v) is 8.03. The van der Waals surface area contributed by atoms with Crippen LogP contribution in [-0.4, -0.2) is 63.5 Å². The van der Waals surface area contributed by atoms with Gasteiger partial charge in [0.1, 0.15) is 5.75 Å². The number of anilines is 1. The second-order valence-electron chi connectivity index (χ2n) is 8.03. The minimum absolute atomic E-state index is 0. The standard InChI is InChI=1S/C26H33N3O3.2ClH/c1-30-24-11-5-4-10-22(24)29-17-15-27(16-18-29)12-8-9-21-19-25(31-2)26(32-3)20-23(21)28-13-6-7-14-28;;/h4-7,10-11,13-14,19-20H,8-9,12,15-18H2,1-3H3;2*1H. The summed E-state index contributed by atoms with van der Waals surface area (Å²) in [5.74, 6) is 2.49. The van der Waals surface area contributed by atoms with E-state index in [0.29, 0.717) is 0 Å². The molecule has 186 valence electrons. The minimum atomic E-state index is 0. The normalized spacial score (nSPS) is 13.6. The van der Waals surface area contributed by atoms with Crippen LogP contribution in [0, 0.1) is 0 Å². The van der Waals surface area contributed by atoms with Crippen LogP contribution in [0.4, 0.5) is 5.69 Å². The Morgan fingerprint density at radius 2 is 1.32 bits per heavy atom. The van der Waals surface area contributed by atoms with E-state index in [1.165, 1.54) is 11.3 Å². The number of nitrogens with zero attached hydrogens (tertiary/aromatic N) is 3. The Balaban J connectivity index is 0.00000204. The van der Waals surface area contributed by atoms with E-state index in [1.807, 2.05) is 24.3 Å². The second kappa shape index (κ2) is 13.4. The maximum Gasteiger partial charge on any atom is 0.162 e. The highest BCUT2D eigenvalue weighted by molar-refractivity contribution is 5.85. The van der Waals surface area contributed by atoms with Crippen molar-refractivity contribution in [2.75, 3.05) is 59.0 Å². The van der Waals surface area contributed by atoms with Crippen molar-refractivity contribution < 1.29 is 14.2 Å². The van der Waals surface area contributed by atoms with Crippen molar-refractivity contribution in [3.8, 4) is 22.9 Å². The van der Waals surface area contributed by atoms with Crippen molar-refractivity contribution in [1.29, 1.82) is 0 Å². The first-order valence-corrected chi connectivity index (χ1v) is 11.2. The van der Waals surface area contributed by atoms with E-state index >= 15 is 0 Å². The maximum absolute atomic E-state index is 5.56. The van der Waals surface area contributed by atoms with Gasteiger partial charge in [0.15, 0.2) is 11.5 Å². The molecular weight excluding hydrogens is 473 g/mol. The average molecular weight is 508 g/mol. The molecule has 0 radical (unpaired) electrons. The van der Waals surface area contributed by atoms with Gasteiger partial charge in [-0.25, -0.2) is 0 Å². The third-order valence-corrected chi connectivity index (χ3v) is 6.19. The quantitative estimate of drug-likeness (QED) is 0.402. The molecule has 6 nitrogen and oxygen atoms in total. The fourth-order valence-corrected chi connectivity index (χ4v) is 4.44. The highest BCUT2D eigenvalue weighted by atomic mass is 35.5. The molecule has 34 heavy (non-hydrogen) atoms. The highest BCUT2D eigenvalue weighted by Crippen LogP contribution is 2.33. The van der Waals surface area contributed by atoms with Crippen molar-refractivity contribution in [1.82, 2.24) is 9.47 Å². The van der Waals surface area contributed by atoms with Crippen LogP contribution in [0.3, 0.4) is 0 Å². The van der Waals surface area contributed by atoms with Crippen LogP contribution in [0.25, 0.3) is 5.69 Å². The van der Waals surface area contributed by atoms with Gasteiger partial charge in [0.25, 0.3) is 0 Å². The first kappa shape index (κ1) is 27.7. The summed E-state index contributed by atoms with van der Waals surface area (Å²) in [7, 11) is 5.12. The summed E-state index contributed by atoms with van der Waals surface area (Å²) in [6.07, 6.45) is 6.22. The van der Waals surface area contributed by atoms with Crippen molar-refractivity contribution in [2.24, 2.45) is 0 Å². The van der Waals surface area contributed by atoms with Crippen molar-refractivity contribution in [2.45, 2.75) is 12.8 Å². The van der Waals surface area contributed by atoms with E-state index in [9.17, 15) is 0 Å². The van der Waals surface area contributed by atoms with E-state index in [0.717, 1.165) is 68.5 Å². The predicted octanol–water partition coefficient (Wildman–Crippen LogP) is 5.10. The monoisotopic (exact) mass is 507 g/mol. The number of halogens is 2. The van der Waals surface area contributed by atoms with Gasteiger partial charge in [-0.3, -0.25) is 4.90 Å². The van der Waals surface area contributed by atoms with Gasteiger partial charge in [-0.1, -0.05) is 12.1 Å². The number of benzene rings is 2. The Labute approximate surface area is 215 Å². The molecule has 2 heterocycles. The zero-order valence-corrected chi connectivity index (χ0v) is 21.7. The molecule has 1 saturated heterocycles. The number of hydrogen-bond acceptors (Lipinski definition) is 5. The number of piperazine rings is 1. The summed E-state index contributed by atoms with van der Waals surface area (Å²) in [6, 6.07) is 16.6. The molecule has 1 aliphatic heterocycles. The number of methoxy groups -OCH3 is 3. The Hall–Kier alpha value is -2.54. The Bertz CT molecular complexity index is 1010. The molecule has 1 fully saturated rings. The first-order valence-electron chi connectivity index (χ1n) is 11.2. The SMILES string of the molecule is COc1cc(CCCN2CCN(c3ccccc3OC)CC2)c(-n2cccc2)cc1OC.Cl.Cl. The smallest absolute Gasteiger partial charge is 0.162 e. The third-order valence-electron chi connectivity index (χ3n) is 6.19. The number of hydrogen-bond donors (Lipinski definition) is 0. The van der Waals surface area contributed by atoms with E-state index in [-0.39, 0.29) is 24.8 Å². The zero-order chi connectivity index (χ0) is 22.3. The molecule has 2 aromatic carbocycles. The molecular formula is C26H35Cl2N3O3. The van der Waals surface area contributed by atoms with Crippen molar-refractivity contribution in [3.63, 3.8) is 0 Å². The van der Waals surface area contributed by atoms with Gasteiger partial charge in [-0.2, -0.15) is 0 Å². The largest absolute Gasteiger partial charge is 0.495 e. The topological polar surface area (TPSA) is 39.1 Å². The number of ether oxygens (including phenoxy) is 3.